The first-order chi connectivity index (χ1) is 9.72. The summed E-state index contributed by atoms with van der Waals surface area (Å²) < 4.78 is 19.8. The Labute approximate surface area is 126 Å². The van der Waals surface area contributed by atoms with Gasteiger partial charge >= 0.3 is 17.9 Å². The van der Waals surface area contributed by atoms with E-state index >= 15 is 0 Å². The van der Waals surface area contributed by atoms with Crippen molar-refractivity contribution in [3.8, 4) is 0 Å². The molecule has 1 aliphatic rings. The van der Waals surface area contributed by atoms with Crippen LogP contribution in [-0.4, -0.2) is 59.6 Å². The van der Waals surface area contributed by atoms with Crippen molar-refractivity contribution in [3.63, 3.8) is 0 Å². The van der Waals surface area contributed by atoms with Gasteiger partial charge in [0.1, 0.15) is 18.1 Å². The van der Waals surface area contributed by atoms with E-state index in [0.717, 1.165) is 6.92 Å². The van der Waals surface area contributed by atoms with Gasteiger partial charge in [-0.25, -0.2) is 0 Å². The van der Waals surface area contributed by atoms with Crippen LogP contribution >= 0.6 is 11.6 Å². The summed E-state index contributed by atoms with van der Waals surface area (Å²) in [6, 6.07) is 0. The zero-order chi connectivity index (χ0) is 16.2. The lowest BCUT2D eigenvalue weighted by Crippen LogP contribution is -2.59. The Hall–Kier alpha value is -1.38. The van der Waals surface area contributed by atoms with E-state index in [1.165, 1.54) is 13.8 Å². The Morgan fingerprint density at radius 2 is 1.57 bits per heavy atom. The van der Waals surface area contributed by atoms with Gasteiger partial charge in [0.2, 0.25) is 0 Å². The molecule has 2 unspecified atom stereocenters. The third-order valence-corrected chi connectivity index (χ3v) is 3.14. The minimum absolute atomic E-state index is 0.264. The molecule has 1 aliphatic heterocycles. The number of halogens is 1. The molecule has 1 fully saturated rings. The van der Waals surface area contributed by atoms with Gasteiger partial charge < -0.3 is 24.1 Å². The van der Waals surface area contributed by atoms with Crippen LogP contribution < -0.4 is 0 Å². The molecule has 0 spiro atoms. The molecule has 1 rings (SSSR count). The molecule has 1 heterocycles. The summed E-state index contributed by atoms with van der Waals surface area (Å²) in [6.45, 7) is 3.24. The summed E-state index contributed by atoms with van der Waals surface area (Å²) in [5, 5.41) is 8.76. The van der Waals surface area contributed by atoms with Gasteiger partial charge in [-0.1, -0.05) is 0 Å². The number of esters is 3. The van der Waals surface area contributed by atoms with E-state index in [9.17, 15) is 19.5 Å². The zero-order valence-electron chi connectivity index (χ0n) is 11.8. The number of carbonyl (C=O) groups excluding carboxylic acids is 3. The molecule has 0 amide bonds. The largest absolute Gasteiger partial charge is 0.463 e. The van der Waals surface area contributed by atoms with Gasteiger partial charge in [0.25, 0.3) is 0 Å². The van der Waals surface area contributed by atoms with Crippen molar-refractivity contribution < 1.29 is 38.4 Å². The van der Waals surface area contributed by atoms with E-state index in [1.807, 2.05) is 0 Å². The fourth-order valence-electron chi connectivity index (χ4n) is 1.86. The van der Waals surface area contributed by atoms with Crippen LogP contribution in [0.2, 0.25) is 0 Å². The molecule has 5 atom stereocenters. The second-order valence-electron chi connectivity index (χ2n) is 4.46. The second-order valence-corrected chi connectivity index (χ2v) is 4.96. The van der Waals surface area contributed by atoms with Crippen LogP contribution in [0.5, 0.6) is 0 Å². The van der Waals surface area contributed by atoms with Gasteiger partial charge in [-0.15, -0.1) is 11.6 Å². The molecular formula is C12H17ClO8. The van der Waals surface area contributed by atoms with Crippen molar-refractivity contribution in [2.75, 3.05) is 6.61 Å². The molecule has 1 N–H and O–H groups in total. The molecule has 0 aliphatic carbocycles. The van der Waals surface area contributed by atoms with Crippen LogP contribution in [0, 0.1) is 0 Å². The Bertz CT molecular complexity index is 410. The molecule has 8 nitrogen and oxygen atoms in total. The molecule has 0 radical (unpaired) electrons. The van der Waals surface area contributed by atoms with Gasteiger partial charge in [0.05, 0.1) is 0 Å². The minimum atomic E-state index is -1.52. The molecule has 1 saturated heterocycles. The third-order valence-electron chi connectivity index (χ3n) is 2.64. The van der Waals surface area contributed by atoms with Gasteiger partial charge in [0, 0.05) is 20.8 Å². The van der Waals surface area contributed by atoms with Crippen LogP contribution in [0.25, 0.3) is 0 Å². The van der Waals surface area contributed by atoms with Crippen LogP contribution in [-0.2, 0) is 33.3 Å². The molecule has 21 heavy (non-hydrogen) atoms. The number of carbonyl (C=O) groups is 3. The molecule has 120 valence electrons. The lowest BCUT2D eigenvalue weighted by molar-refractivity contribution is -0.260. The van der Waals surface area contributed by atoms with Crippen LogP contribution in [0.4, 0.5) is 0 Å². The van der Waals surface area contributed by atoms with E-state index in [0.29, 0.717) is 0 Å². The van der Waals surface area contributed by atoms with Crippen molar-refractivity contribution in [2.24, 2.45) is 0 Å². The summed E-state index contributed by atoms with van der Waals surface area (Å²) in [7, 11) is 0. The monoisotopic (exact) mass is 324 g/mol. The summed E-state index contributed by atoms with van der Waals surface area (Å²) in [5.74, 6) is -1.88. The second kappa shape index (κ2) is 7.58. The highest BCUT2D eigenvalue weighted by atomic mass is 35.5. The summed E-state index contributed by atoms with van der Waals surface area (Å²) in [5.41, 5.74) is 0. The fourth-order valence-corrected chi connectivity index (χ4v) is 2.25. The quantitative estimate of drug-likeness (QED) is 0.428. The predicted octanol–water partition coefficient (Wildman–Crippen LogP) is -0.263. The Balaban J connectivity index is 2.86. The Kier molecular flexibility index (Phi) is 6.38. The topological polar surface area (TPSA) is 108 Å². The number of ether oxygens (including phenoxy) is 4. The van der Waals surface area contributed by atoms with Gasteiger partial charge in [-0.05, 0) is 0 Å². The summed E-state index contributed by atoms with van der Waals surface area (Å²) in [4.78, 5) is 33.0. The summed E-state index contributed by atoms with van der Waals surface area (Å²) >= 11 is 6.11. The zero-order valence-corrected chi connectivity index (χ0v) is 12.5. The molecule has 9 heteroatoms. The molecule has 0 aromatic heterocycles. The minimum Gasteiger partial charge on any atom is -0.463 e. The summed E-state index contributed by atoms with van der Waals surface area (Å²) in [6.07, 6.45) is -4.75. The van der Waals surface area contributed by atoms with Crippen molar-refractivity contribution in [3.05, 3.63) is 0 Å². The van der Waals surface area contributed by atoms with Gasteiger partial charge in [0.15, 0.2) is 18.5 Å². The average molecular weight is 325 g/mol. The van der Waals surface area contributed by atoms with E-state index < -0.39 is 47.9 Å². The van der Waals surface area contributed by atoms with E-state index in [4.69, 9.17) is 30.5 Å². The van der Waals surface area contributed by atoms with Crippen molar-refractivity contribution in [2.45, 2.75) is 50.8 Å². The van der Waals surface area contributed by atoms with Crippen LogP contribution in [0.3, 0.4) is 0 Å². The normalized spacial score (nSPS) is 32.1. The highest BCUT2D eigenvalue weighted by Crippen LogP contribution is 2.29. The molecule has 0 bridgehead atoms. The standard InChI is InChI=1S/C12H17ClO8/c1-5(14)18-4-8-10(19-6(2)15)9(13)11(12(17)21-8)20-7(3)16/h8-12,17H,4H2,1-3H3/t8?,9-,10-,11?,12-/m1/s1. The van der Waals surface area contributed by atoms with Crippen molar-refractivity contribution in [1.29, 1.82) is 0 Å². The van der Waals surface area contributed by atoms with E-state index in [-0.39, 0.29) is 6.61 Å². The fraction of sp³-hybridized carbons (Fsp3) is 0.750. The van der Waals surface area contributed by atoms with Crippen molar-refractivity contribution in [1.82, 2.24) is 0 Å². The van der Waals surface area contributed by atoms with Gasteiger partial charge in [-0.3, -0.25) is 14.4 Å². The van der Waals surface area contributed by atoms with E-state index in [2.05, 4.69) is 0 Å². The maximum Gasteiger partial charge on any atom is 0.303 e. The number of rotatable bonds is 4. The number of alkyl halides is 1. The first kappa shape index (κ1) is 17.7. The first-order valence-corrected chi connectivity index (χ1v) is 6.61. The number of aliphatic hydroxyl groups is 1. The lowest BCUT2D eigenvalue weighted by atomic mass is 10.0. The van der Waals surface area contributed by atoms with Crippen LogP contribution in [0.15, 0.2) is 0 Å². The third kappa shape index (κ3) is 5.14. The SMILES string of the molecule is CC(=O)OCC1O[C@@H](O)C(OC(C)=O)[C@H](Cl)[C@@H]1OC(C)=O. The number of hydrogen-bond acceptors (Lipinski definition) is 8. The molecule has 0 saturated carbocycles. The molecule has 0 aromatic carbocycles. The Morgan fingerprint density at radius 1 is 1.05 bits per heavy atom. The maximum absolute atomic E-state index is 11.1. The lowest BCUT2D eigenvalue weighted by Gasteiger charge is -2.40. The van der Waals surface area contributed by atoms with Gasteiger partial charge in [-0.2, -0.15) is 0 Å². The predicted molar refractivity (Wildman–Crippen MR) is 68.3 cm³/mol. The smallest absolute Gasteiger partial charge is 0.303 e. The Morgan fingerprint density at radius 3 is 2.05 bits per heavy atom. The van der Waals surface area contributed by atoms with Crippen LogP contribution in [0.1, 0.15) is 20.8 Å². The maximum atomic E-state index is 11.1. The highest BCUT2D eigenvalue weighted by Gasteiger charge is 2.48. The highest BCUT2D eigenvalue weighted by molar-refractivity contribution is 6.21. The number of aliphatic hydroxyl groups excluding tert-OH is 1. The first-order valence-electron chi connectivity index (χ1n) is 6.17. The van der Waals surface area contributed by atoms with E-state index in [1.54, 1.807) is 0 Å². The van der Waals surface area contributed by atoms with Crippen molar-refractivity contribution >= 4 is 29.5 Å². The molecular weight excluding hydrogens is 308 g/mol. The number of hydrogen-bond donors (Lipinski definition) is 1. The average Bonchev–Trinajstić information content (AvgIpc) is 2.35. The molecule has 0 aromatic rings.